The smallest absolute Gasteiger partial charge is 0.356 e. The second-order valence-corrected chi connectivity index (χ2v) is 5.61. The van der Waals surface area contributed by atoms with Gasteiger partial charge in [0.05, 0.1) is 19.2 Å². The zero-order chi connectivity index (χ0) is 17.1. The number of ketones is 1. The minimum atomic E-state index is -0.414. The van der Waals surface area contributed by atoms with Crippen LogP contribution < -0.4 is 10.2 Å². The van der Waals surface area contributed by atoms with Crippen LogP contribution in [0.15, 0.2) is 36.0 Å². The number of carbonyl (C=O) groups is 2. The third-order valence-corrected chi connectivity index (χ3v) is 3.95. The summed E-state index contributed by atoms with van der Waals surface area (Å²) in [5, 5.41) is 0.854. The van der Waals surface area contributed by atoms with E-state index in [2.05, 4.69) is 5.43 Å². The number of hydrogen-bond acceptors (Lipinski definition) is 5. The Morgan fingerprint density at radius 1 is 1.29 bits per heavy atom. The monoisotopic (exact) mass is 328 g/mol. The maximum Gasteiger partial charge on any atom is 0.356 e. The van der Waals surface area contributed by atoms with Crippen LogP contribution in [0.25, 0.3) is 10.9 Å². The van der Waals surface area contributed by atoms with Crippen LogP contribution in [0.1, 0.15) is 36.7 Å². The van der Waals surface area contributed by atoms with E-state index >= 15 is 0 Å². The number of aromatic nitrogens is 1. The van der Waals surface area contributed by atoms with Gasteiger partial charge in [0.1, 0.15) is 11.4 Å². The second kappa shape index (κ2) is 6.78. The highest BCUT2D eigenvalue weighted by atomic mass is 16.5. The predicted octanol–water partition coefficient (Wildman–Crippen LogP) is 3.01. The van der Waals surface area contributed by atoms with E-state index in [1.807, 2.05) is 18.2 Å². The first-order valence-corrected chi connectivity index (χ1v) is 7.99. The number of allylic oxidation sites excluding steroid dienone is 2. The van der Waals surface area contributed by atoms with Crippen molar-refractivity contribution in [2.75, 3.05) is 19.1 Å². The Kier molecular flexibility index (Phi) is 4.55. The summed E-state index contributed by atoms with van der Waals surface area (Å²) in [5.74, 6) is 0.393. The van der Waals surface area contributed by atoms with E-state index < -0.39 is 5.97 Å². The summed E-state index contributed by atoms with van der Waals surface area (Å²) in [7, 11) is 1.60. The molecule has 1 N–H and O–H groups in total. The van der Waals surface area contributed by atoms with Gasteiger partial charge in [-0.05, 0) is 44.0 Å². The molecule has 24 heavy (non-hydrogen) atoms. The molecule has 0 saturated carbocycles. The number of hydrogen-bond donors (Lipinski definition) is 1. The van der Waals surface area contributed by atoms with Crippen LogP contribution in [0.2, 0.25) is 0 Å². The first kappa shape index (κ1) is 16.1. The third kappa shape index (κ3) is 3.13. The highest BCUT2D eigenvalue weighted by molar-refractivity contribution is 5.96. The van der Waals surface area contributed by atoms with E-state index in [9.17, 15) is 9.59 Å². The average molecular weight is 328 g/mol. The normalized spacial score (nSPS) is 14.4. The molecule has 0 amide bonds. The molecular formula is C18H20N2O4. The number of rotatable bonds is 5. The number of nitrogens with one attached hydrogen (secondary N) is 1. The number of methoxy groups -OCH3 is 1. The van der Waals surface area contributed by atoms with Gasteiger partial charge in [0, 0.05) is 23.6 Å². The fourth-order valence-electron chi connectivity index (χ4n) is 2.82. The maximum atomic E-state index is 12.3. The molecule has 0 aliphatic heterocycles. The molecule has 0 unspecified atom stereocenters. The summed E-state index contributed by atoms with van der Waals surface area (Å²) >= 11 is 0. The summed E-state index contributed by atoms with van der Waals surface area (Å²) in [6.45, 7) is 2.06. The van der Waals surface area contributed by atoms with Gasteiger partial charge in [-0.15, -0.1) is 0 Å². The molecule has 6 nitrogen and oxygen atoms in total. The van der Waals surface area contributed by atoms with E-state index in [4.69, 9.17) is 9.47 Å². The van der Waals surface area contributed by atoms with E-state index in [-0.39, 0.29) is 5.78 Å². The lowest BCUT2D eigenvalue weighted by Crippen LogP contribution is -2.22. The lowest BCUT2D eigenvalue weighted by Gasteiger charge is -2.18. The molecule has 0 fully saturated rings. The molecule has 1 aliphatic carbocycles. The van der Waals surface area contributed by atoms with Gasteiger partial charge in [-0.25, -0.2) is 9.47 Å². The Hall–Kier alpha value is -2.76. The Bertz CT molecular complexity index is 820. The molecule has 1 heterocycles. The number of esters is 1. The van der Waals surface area contributed by atoms with Gasteiger partial charge < -0.3 is 9.47 Å². The molecule has 2 aromatic rings. The van der Waals surface area contributed by atoms with Crippen molar-refractivity contribution >= 4 is 22.7 Å². The van der Waals surface area contributed by atoms with E-state index in [0.717, 1.165) is 29.4 Å². The quantitative estimate of drug-likeness (QED) is 0.855. The zero-order valence-corrected chi connectivity index (χ0v) is 13.8. The van der Waals surface area contributed by atoms with Crippen LogP contribution in [0.5, 0.6) is 5.75 Å². The second-order valence-electron chi connectivity index (χ2n) is 5.61. The Morgan fingerprint density at radius 2 is 2.12 bits per heavy atom. The summed E-state index contributed by atoms with van der Waals surface area (Å²) in [6, 6.07) is 7.32. The Morgan fingerprint density at radius 3 is 2.83 bits per heavy atom. The highest BCUT2D eigenvalue weighted by Crippen LogP contribution is 2.25. The fraction of sp³-hybridized carbons (Fsp3) is 0.333. The van der Waals surface area contributed by atoms with Gasteiger partial charge in [0.15, 0.2) is 5.78 Å². The van der Waals surface area contributed by atoms with Gasteiger partial charge in [0.25, 0.3) is 0 Å². The first-order valence-electron chi connectivity index (χ1n) is 7.99. The van der Waals surface area contributed by atoms with Crippen LogP contribution in [-0.4, -0.2) is 30.1 Å². The molecule has 0 spiro atoms. The minimum absolute atomic E-state index is 0.0968. The number of carbonyl (C=O) groups excluding carboxylic acids is 2. The van der Waals surface area contributed by atoms with Crippen LogP contribution in [0.3, 0.4) is 0 Å². The number of benzene rings is 1. The predicted molar refractivity (Wildman–Crippen MR) is 90.7 cm³/mol. The molecule has 0 saturated heterocycles. The molecule has 126 valence electrons. The molecular weight excluding hydrogens is 308 g/mol. The molecule has 1 aromatic carbocycles. The molecule has 0 radical (unpaired) electrons. The minimum Gasteiger partial charge on any atom is -0.497 e. The highest BCUT2D eigenvalue weighted by Gasteiger charge is 2.19. The van der Waals surface area contributed by atoms with Crippen LogP contribution >= 0.6 is 0 Å². The summed E-state index contributed by atoms with van der Waals surface area (Å²) in [4.78, 5) is 23.9. The Balaban J connectivity index is 2.06. The lowest BCUT2D eigenvalue weighted by atomic mass is 10.0. The van der Waals surface area contributed by atoms with Crippen molar-refractivity contribution in [2.24, 2.45) is 0 Å². The molecule has 0 bridgehead atoms. The van der Waals surface area contributed by atoms with Crippen molar-refractivity contribution in [3.63, 3.8) is 0 Å². The van der Waals surface area contributed by atoms with Crippen LogP contribution in [0.4, 0.5) is 0 Å². The third-order valence-electron chi connectivity index (χ3n) is 3.95. The molecule has 1 aromatic heterocycles. The standard InChI is InChI=1S/C18H20N2O4/c1-3-24-18(22)17-10-12-9-15(23-2)7-8-16(12)20(17)19-13-5-4-6-14(21)11-13/h7-11,19H,3-6H2,1-2H3. The van der Waals surface area contributed by atoms with Crippen molar-refractivity contribution in [3.05, 3.63) is 41.7 Å². The largest absolute Gasteiger partial charge is 0.497 e. The van der Waals surface area contributed by atoms with Gasteiger partial charge in [-0.3, -0.25) is 10.2 Å². The number of nitrogens with zero attached hydrogens (tertiary/aromatic N) is 1. The van der Waals surface area contributed by atoms with E-state index in [1.165, 1.54) is 0 Å². The maximum absolute atomic E-state index is 12.3. The molecule has 6 heteroatoms. The SMILES string of the molecule is CCOC(=O)c1cc2cc(OC)ccc2n1NC1=CC(=O)CCC1. The van der Waals surface area contributed by atoms with Gasteiger partial charge >= 0.3 is 5.97 Å². The van der Waals surface area contributed by atoms with Gasteiger partial charge in [0.2, 0.25) is 0 Å². The van der Waals surface area contributed by atoms with Crippen molar-refractivity contribution in [3.8, 4) is 5.75 Å². The zero-order valence-electron chi connectivity index (χ0n) is 13.8. The summed E-state index contributed by atoms with van der Waals surface area (Å²) in [6.07, 6.45) is 3.75. The van der Waals surface area contributed by atoms with Crippen molar-refractivity contribution in [2.45, 2.75) is 26.2 Å². The van der Waals surface area contributed by atoms with Crippen LogP contribution in [0, 0.1) is 0 Å². The molecule has 1 aliphatic rings. The first-order chi connectivity index (χ1) is 11.6. The lowest BCUT2D eigenvalue weighted by molar-refractivity contribution is -0.115. The number of fused-ring (bicyclic) bond motifs is 1. The fourth-order valence-corrected chi connectivity index (χ4v) is 2.82. The van der Waals surface area contributed by atoms with E-state index in [1.54, 1.807) is 30.9 Å². The molecule has 0 atom stereocenters. The van der Waals surface area contributed by atoms with Gasteiger partial charge in [-0.2, -0.15) is 0 Å². The van der Waals surface area contributed by atoms with Crippen molar-refractivity contribution < 1.29 is 19.1 Å². The van der Waals surface area contributed by atoms with Crippen molar-refractivity contribution in [1.29, 1.82) is 0 Å². The summed E-state index contributed by atoms with van der Waals surface area (Å²) < 4.78 is 12.1. The molecule has 3 rings (SSSR count). The van der Waals surface area contributed by atoms with Crippen LogP contribution in [-0.2, 0) is 9.53 Å². The summed E-state index contributed by atoms with van der Waals surface area (Å²) in [5.41, 5.74) is 5.20. The number of ether oxygens (including phenoxy) is 2. The Labute approximate surface area is 140 Å². The van der Waals surface area contributed by atoms with Crippen molar-refractivity contribution in [1.82, 2.24) is 4.68 Å². The van der Waals surface area contributed by atoms with Gasteiger partial charge in [-0.1, -0.05) is 0 Å². The topological polar surface area (TPSA) is 69.6 Å². The van der Waals surface area contributed by atoms with E-state index in [0.29, 0.717) is 24.5 Å². The average Bonchev–Trinajstić information content (AvgIpc) is 2.93.